The first-order chi connectivity index (χ1) is 14.2. The monoisotopic (exact) mass is 431 g/mol. The summed E-state index contributed by atoms with van der Waals surface area (Å²) in [7, 11) is -1.61. The summed E-state index contributed by atoms with van der Waals surface area (Å²) in [5, 5.41) is 3.01. The molecule has 30 heavy (non-hydrogen) atoms. The largest absolute Gasteiger partial charge is 0.457 e. The zero-order chi connectivity index (χ0) is 21.7. The highest BCUT2D eigenvalue weighted by Gasteiger charge is 2.30. The van der Waals surface area contributed by atoms with Crippen molar-refractivity contribution in [3.63, 3.8) is 0 Å². The molecule has 0 bridgehead atoms. The predicted octanol–water partition coefficient (Wildman–Crippen LogP) is 2.84. The van der Waals surface area contributed by atoms with Crippen LogP contribution < -0.4 is 14.4 Å². The predicted molar refractivity (Wildman–Crippen MR) is 118 cm³/mol. The lowest BCUT2D eigenvalue weighted by molar-refractivity contribution is -0.122. The van der Waals surface area contributed by atoms with E-state index in [4.69, 9.17) is 4.74 Å². The molecule has 0 spiro atoms. The van der Waals surface area contributed by atoms with Gasteiger partial charge in [0, 0.05) is 6.04 Å². The van der Waals surface area contributed by atoms with Crippen molar-refractivity contribution in [1.82, 2.24) is 10.2 Å². The van der Waals surface area contributed by atoms with Crippen molar-refractivity contribution in [1.29, 1.82) is 0 Å². The van der Waals surface area contributed by atoms with Gasteiger partial charge in [0.05, 0.1) is 11.9 Å². The van der Waals surface area contributed by atoms with Crippen LogP contribution in [0.3, 0.4) is 0 Å². The molecule has 1 aliphatic rings. The molecular formula is C22H29N3O4S. The van der Waals surface area contributed by atoms with Gasteiger partial charge in [-0.2, -0.15) is 0 Å². The zero-order valence-corrected chi connectivity index (χ0v) is 18.4. The van der Waals surface area contributed by atoms with Gasteiger partial charge in [-0.1, -0.05) is 18.2 Å². The van der Waals surface area contributed by atoms with Gasteiger partial charge in [-0.05, 0) is 76.3 Å². The average Bonchev–Trinajstić information content (AvgIpc) is 2.71. The topological polar surface area (TPSA) is 79.0 Å². The molecule has 0 saturated carbocycles. The van der Waals surface area contributed by atoms with Gasteiger partial charge in [0.25, 0.3) is 0 Å². The van der Waals surface area contributed by atoms with Crippen LogP contribution in [0.4, 0.5) is 5.69 Å². The Bertz CT molecular complexity index is 940. The van der Waals surface area contributed by atoms with Crippen molar-refractivity contribution in [3.8, 4) is 11.5 Å². The van der Waals surface area contributed by atoms with Crippen molar-refractivity contribution in [3.05, 3.63) is 54.6 Å². The second-order valence-electron chi connectivity index (χ2n) is 7.73. The molecule has 1 N–H and O–H groups in total. The number of amides is 1. The van der Waals surface area contributed by atoms with E-state index in [1.54, 1.807) is 31.2 Å². The van der Waals surface area contributed by atoms with Crippen LogP contribution in [-0.2, 0) is 14.8 Å². The minimum absolute atomic E-state index is 0.0687. The van der Waals surface area contributed by atoms with E-state index in [0.717, 1.165) is 36.5 Å². The van der Waals surface area contributed by atoms with Crippen LogP contribution in [-0.4, -0.2) is 57.7 Å². The number of likely N-dealkylation sites (tertiary alicyclic amines) is 1. The summed E-state index contributed by atoms with van der Waals surface area (Å²) in [5.74, 6) is 0.984. The Morgan fingerprint density at radius 1 is 1.07 bits per heavy atom. The Balaban J connectivity index is 1.72. The van der Waals surface area contributed by atoms with Gasteiger partial charge < -0.3 is 15.0 Å². The third-order valence-electron chi connectivity index (χ3n) is 5.22. The molecular weight excluding hydrogens is 402 g/mol. The van der Waals surface area contributed by atoms with Gasteiger partial charge in [-0.3, -0.25) is 9.10 Å². The van der Waals surface area contributed by atoms with Crippen molar-refractivity contribution in [2.24, 2.45) is 0 Å². The fraction of sp³-hybridized carbons (Fsp3) is 0.409. The number of piperidine rings is 1. The van der Waals surface area contributed by atoms with Crippen LogP contribution in [0.2, 0.25) is 0 Å². The number of carbonyl (C=O) groups is 1. The van der Waals surface area contributed by atoms with Gasteiger partial charge in [0.15, 0.2) is 0 Å². The second-order valence-corrected chi connectivity index (χ2v) is 9.59. The van der Waals surface area contributed by atoms with Gasteiger partial charge in [0.2, 0.25) is 15.9 Å². The summed E-state index contributed by atoms with van der Waals surface area (Å²) in [5.41, 5.74) is 0.420. The molecule has 0 unspecified atom stereocenters. The maximum Gasteiger partial charge on any atom is 0.243 e. The molecule has 3 rings (SSSR count). The van der Waals surface area contributed by atoms with E-state index in [0.29, 0.717) is 17.2 Å². The Morgan fingerprint density at radius 2 is 1.63 bits per heavy atom. The first kappa shape index (κ1) is 22.1. The Hall–Kier alpha value is -2.58. The van der Waals surface area contributed by atoms with E-state index in [1.165, 1.54) is 0 Å². The fourth-order valence-corrected chi connectivity index (χ4v) is 4.74. The molecule has 0 radical (unpaired) electrons. The van der Waals surface area contributed by atoms with Crippen LogP contribution in [0.25, 0.3) is 0 Å². The molecule has 0 aromatic heterocycles. The Kier molecular flexibility index (Phi) is 6.99. The summed E-state index contributed by atoms with van der Waals surface area (Å²) in [6.45, 7) is 3.44. The van der Waals surface area contributed by atoms with Crippen LogP contribution in [0.1, 0.15) is 19.8 Å². The number of sulfonamides is 1. The lowest BCUT2D eigenvalue weighted by Crippen LogP contribution is -2.52. The van der Waals surface area contributed by atoms with Crippen molar-refractivity contribution in [2.75, 3.05) is 30.7 Å². The van der Waals surface area contributed by atoms with Gasteiger partial charge in [-0.25, -0.2) is 8.42 Å². The van der Waals surface area contributed by atoms with Gasteiger partial charge >= 0.3 is 0 Å². The quantitative estimate of drug-likeness (QED) is 0.729. The number of carbonyl (C=O) groups excluding carboxylic acids is 1. The van der Waals surface area contributed by atoms with Crippen LogP contribution in [0, 0.1) is 0 Å². The molecule has 8 heteroatoms. The molecule has 1 fully saturated rings. The van der Waals surface area contributed by atoms with Gasteiger partial charge in [0.1, 0.15) is 17.5 Å². The fourth-order valence-electron chi connectivity index (χ4n) is 3.57. The molecule has 1 amide bonds. The molecule has 1 heterocycles. The highest BCUT2D eigenvalue weighted by atomic mass is 32.2. The number of ether oxygens (including phenoxy) is 1. The Labute approximate surface area is 178 Å². The number of nitrogens with one attached hydrogen (secondary N) is 1. The van der Waals surface area contributed by atoms with Crippen LogP contribution in [0.15, 0.2) is 54.6 Å². The van der Waals surface area contributed by atoms with E-state index in [1.807, 2.05) is 30.3 Å². The SMILES string of the molecule is C[C@H](C(=O)NC1CCN(C)CC1)N(c1ccc(Oc2ccccc2)cc1)S(C)(=O)=O. The van der Waals surface area contributed by atoms with Crippen molar-refractivity contribution in [2.45, 2.75) is 31.8 Å². The molecule has 2 aromatic carbocycles. The standard InChI is InChI=1S/C22H29N3O4S/c1-17(22(26)23-18-13-15-24(2)16-14-18)25(30(3,27)28)19-9-11-21(12-10-19)29-20-7-5-4-6-8-20/h4-12,17-18H,13-16H2,1-3H3,(H,23,26)/t17-/m1/s1. The summed E-state index contributed by atoms with van der Waals surface area (Å²) in [6, 6.07) is 15.2. The third-order valence-corrected chi connectivity index (χ3v) is 6.47. The van der Waals surface area contributed by atoms with Gasteiger partial charge in [-0.15, -0.1) is 0 Å². The zero-order valence-electron chi connectivity index (χ0n) is 17.6. The van der Waals surface area contributed by atoms with E-state index in [9.17, 15) is 13.2 Å². The minimum Gasteiger partial charge on any atom is -0.457 e. The first-order valence-corrected chi connectivity index (χ1v) is 11.9. The van der Waals surface area contributed by atoms with Crippen LogP contribution >= 0.6 is 0 Å². The highest BCUT2D eigenvalue weighted by molar-refractivity contribution is 7.92. The van der Waals surface area contributed by atoms with E-state index in [-0.39, 0.29) is 11.9 Å². The molecule has 1 atom stereocenters. The van der Waals surface area contributed by atoms with E-state index in [2.05, 4.69) is 17.3 Å². The first-order valence-electron chi connectivity index (χ1n) is 10.1. The number of benzene rings is 2. The molecule has 2 aromatic rings. The van der Waals surface area contributed by atoms with Crippen LogP contribution in [0.5, 0.6) is 11.5 Å². The molecule has 1 saturated heterocycles. The number of hydrogen-bond acceptors (Lipinski definition) is 5. The smallest absolute Gasteiger partial charge is 0.243 e. The summed E-state index contributed by atoms with van der Waals surface area (Å²) in [4.78, 5) is 15.0. The van der Waals surface area contributed by atoms with Crippen molar-refractivity contribution < 1.29 is 17.9 Å². The normalized spacial score (nSPS) is 16.6. The summed E-state index contributed by atoms with van der Waals surface area (Å²) in [6.07, 6.45) is 2.83. The molecule has 7 nitrogen and oxygen atoms in total. The molecule has 0 aliphatic carbocycles. The number of anilines is 1. The number of nitrogens with zero attached hydrogens (tertiary/aromatic N) is 2. The third kappa shape index (κ3) is 5.73. The van der Waals surface area contributed by atoms with E-state index < -0.39 is 16.1 Å². The highest BCUT2D eigenvalue weighted by Crippen LogP contribution is 2.27. The Morgan fingerprint density at radius 3 is 2.20 bits per heavy atom. The number of hydrogen-bond donors (Lipinski definition) is 1. The number of rotatable bonds is 7. The van der Waals surface area contributed by atoms with E-state index >= 15 is 0 Å². The second kappa shape index (κ2) is 9.49. The molecule has 1 aliphatic heterocycles. The maximum atomic E-state index is 12.8. The maximum absolute atomic E-state index is 12.8. The molecule has 162 valence electrons. The lowest BCUT2D eigenvalue weighted by Gasteiger charge is -2.33. The van der Waals surface area contributed by atoms with Crippen molar-refractivity contribution >= 4 is 21.6 Å². The summed E-state index contributed by atoms with van der Waals surface area (Å²) >= 11 is 0. The summed E-state index contributed by atoms with van der Waals surface area (Å²) < 4.78 is 31.9. The lowest BCUT2D eigenvalue weighted by atomic mass is 10.1. The minimum atomic E-state index is -3.66. The average molecular weight is 432 g/mol. The number of para-hydroxylation sites is 1.